The van der Waals surface area contributed by atoms with Crippen LogP contribution in [0.2, 0.25) is 0 Å². The number of carbonyl (C=O) groups excluding carboxylic acids is 1. The second-order valence-electron chi connectivity index (χ2n) is 5.29. The van der Waals surface area contributed by atoms with Gasteiger partial charge in [0, 0.05) is 38.8 Å². The van der Waals surface area contributed by atoms with E-state index in [1.807, 2.05) is 0 Å². The van der Waals surface area contributed by atoms with Gasteiger partial charge in [0.05, 0.1) is 7.11 Å². The van der Waals surface area contributed by atoms with Gasteiger partial charge < -0.3 is 20.1 Å². The van der Waals surface area contributed by atoms with Gasteiger partial charge in [-0.15, -0.1) is 0 Å². The molecule has 6 heteroatoms. The molecule has 1 aliphatic heterocycles. The number of hydrogen-bond acceptors (Lipinski definition) is 6. The largest absolute Gasteiger partial charge is 0.467 e. The van der Waals surface area contributed by atoms with Crippen molar-refractivity contribution < 1.29 is 14.6 Å². The molecule has 106 valence electrons. The summed E-state index contributed by atoms with van der Waals surface area (Å²) in [6.45, 7) is 5.51. The van der Waals surface area contributed by atoms with Crippen LogP contribution in [-0.2, 0) is 9.53 Å². The number of likely N-dealkylation sites (N-methyl/N-ethyl adjacent to an activating group) is 2. The summed E-state index contributed by atoms with van der Waals surface area (Å²) < 4.78 is 4.55. The number of esters is 1. The van der Waals surface area contributed by atoms with Gasteiger partial charge in [-0.1, -0.05) is 0 Å². The van der Waals surface area contributed by atoms with E-state index in [0.717, 1.165) is 26.2 Å². The van der Waals surface area contributed by atoms with E-state index in [0.29, 0.717) is 6.04 Å². The van der Waals surface area contributed by atoms with E-state index in [4.69, 9.17) is 0 Å². The normalized spacial score (nSPS) is 25.7. The Kier molecular flexibility index (Phi) is 5.52. The summed E-state index contributed by atoms with van der Waals surface area (Å²) in [5.74, 6) is -0.607. The minimum Gasteiger partial charge on any atom is -0.467 e. The molecule has 0 amide bonds. The highest BCUT2D eigenvalue weighted by Crippen LogP contribution is 2.07. The highest BCUT2D eigenvalue weighted by molar-refractivity contribution is 5.78. The van der Waals surface area contributed by atoms with Crippen LogP contribution in [0.5, 0.6) is 0 Å². The summed E-state index contributed by atoms with van der Waals surface area (Å²) in [5.41, 5.74) is -1.46. The minimum atomic E-state index is -1.46. The third-order valence-corrected chi connectivity index (χ3v) is 3.45. The predicted molar refractivity (Wildman–Crippen MR) is 69.4 cm³/mol. The number of methoxy groups -OCH3 is 1. The Balaban J connectivity index is 2.34. The van der Waals surface area contributed by atoms with E-state index in [2.05, 4.69) is 33.9 Å². The van der Waals surface area contributed by atoms with Crippen LogP contribution in [0.3, 0.4) is 0 Å². The molecule has 1 rings (SSSR count). The molecule has 6 nitrogen and oxygen atoms in total. The molecular formula is C12H25N3O3. The van der Waals surface area contributed by atoms with Gasteiger partial charge in [0.15, 0.2) is 5.60 Å². The quantitative estimate of drug-likeness (QED) is 0.601. The minimum absolute atomic E-state index is 0.202. The first-order valence-electron chi connectivity index (χ1n) is 6.27. The van der Waals surface area contributed by atoms with Crippen LogP contribution in [0.4, 0.5) is 0 Å². The summed E-state index contributed by atoms with van der Waals surface area (Å²) >= 11 is 0. The molecular weight excluding hydrogens is 234 g/mol. The fourth-order valence-corrected chi connectivity index (χ4v) is 2.10. The monoisotopic (exact) mass is 259 g/mol. The average molecular weight is 259 g/mol. The maximum Gasteiger partial charge on any atom is 0.338 e. The highest BCUT2D eigenvalue weighted by Gasteiger charge is 2.31. The van der Waals surface area contributed by atoms with E-state index < -0.39 is 11.6 Å². The molecule has 0 aromatic rings. The molecule has 18 heavy (non-hydrogen) atoms. The number of nitrogens with zero attached hydrogens (tertiary/aromatic N) is 2. The second kappa shape index (κ2) is 6.47. The lowest BCUT2D eigenvalue weighted by Crippen LogP contribution is -2.55. The number of ether oxygens (including phenoxy) is 1. The van der Waals surface area contributed by atoms with Crippen molar-refractivity contribution in [1.82, 2.24) is 15.1 Å². The molecule has 2 unspecified atom stereocenters. The van der Waals surface area contributed by atoms with Gasteiger partial charge in [0.25, 0.3) is 0 Å². The first-order valence-corrected chi connectivity index (χ1v) is 6.27. The predicted octanol–water partition coefficient (Wildman–Crippen LogP) is -1.25. The Morgan fingerprint density at radius 2 is 2.17 bits per heavy atom. The lowest BCUT2D eigenvalue weighted by atomic mass is 10.1. The van der Waals surface area contributed by atoms with Crippen LogP contribution >= 0.6 is 0 Å². The van der Waals surface area contributed by atoms with Crippen molar-refractivity contribution >= 4 is 5.97 Å². The summed E-state index contributed by atoms with van der Waals surface area (Å²) in [7, 11) is 5.48. The average Bonchev–Trinajstić information content (AvgIpc) is 2.32. The molecule has 0 aliphatic carbocycles. The fourth-order valence-electron chi connectivity index (χ4n) is 2.10. The zero-order valence-corrected chi connectivity index (χ0v) is 11.8. The third kappa shape index (κ3) is 4.20. The Hall–Kier alpha value is -0.690. The van der Waals surface area contributed by atoms with Gasteiger partial charge in [-0.05, 0) is 21.0 Å². The van der Waals surface area contributed by atoms with Crippen LogP contribution in [-0.4, -0.2) is 86.4 Å². The molecule has 2 N–H and O–H groups in total. The fraction of sp³-hybridized carbons (Fsp3) is 0.917. The van der Waals surface area contributed by atoms with Crippen LogP contribution < -0.4 is 5.32 Å². The topological polar surface area (TPSA) is 65.0 Å². The smallest absolute Gasteiger partial charge is 0.338 e. The zero-order valence-electron chi connectivity index (χ0n) is 11.8. The van der Waals surface area contributed by atoms with Gasteiger partial charge in [-0.2, -0.15) is 0 Å². The maximum absolute atomic E-state index is 11.3. The highest BCUT2D eigenvalue weighted by atomic mass is 16.5. The van der Waals surface area contributed by atoms with Gasteiger partial charge in [-0.3, -0.25) is 4.90 Å². The molecule has 0 aromatic heterocycles. The molecule has 1 saturated heterocycles. The third-order valence-electron chi connectivity index (χ3n) is 3.45. The van der Waals surface area contributed by atoms with Crippen molar-refractivity contribution in [2.24, 2.45) is 0 Å². The molecule has 1 heterocycles. The molecule has 2 atom stereocenters. The van der Waals surface area contributed by atoms with Gasteiger partial charge >= 0.3 is 5.97 Å². The first kappa shape index (κ1) is 15.4. The Labute approximate surface area is 109 Å². The zero-order chi connectivity index (χ0) is 13.8. The first-order chi connectivity index (χ1) is 8.36. The summed E-state index contributed by atoms with van der Waals surface area (Å²) in [4.78, 5) is 15.9. The maximum atomic E-state index is 11.3. The van der Waals surface area contributed by atoms with Crippen LogP contribution in [0, 0.1) is 0 Å². The molecule has 0 aromatic carbocycles. The number of carbonyl (C=O) groups is 1. The molecule has 0 bridgehead atoms. The standard InChI is InChI=1S/C12H25N3O3/c1-12(17,11(16)18-4)9-13-7-10-8-14(2)5-6-15(10)3/h10,13,17H,5-9H2,1-4H3. The van der Waals surface area contributed by atoms with Gasteiger partial charge in [-0.25, -0.2) is 4.79 Å². The Morgan fingerprint density at radius 3 is 2.78 bits per heavy atom. The molecule has 1 fully saturated rings. The number of aliphatic hydroxyl groups is 1. The molecule has 0 radical (unpaired) electrons. The lowest BCUT2D eigenvalue weighted by molar-refractivity contribution is -0.159. The number of rotatable bonds is 5. The molecule has 0 saturated carbocycles. The van der Waals surface area contributed by atoms with E-state index >= 15 is 0 Å². The van der Waals surface area contributed by atoms with Crippen LogP contribution in [0.25, 0.3) is 0 Å². The van der Waals surface area contributed by atoms with Crippen molar-refractivity contribution in [1.29, 1.82) is 0 Å². The van der Waals surface area contributed by atoms with E-state index in [1.54, 1.807) is 0 Å². The SMILES string of the molecule is COC(=O)C(C)(O)CNCC1CN(C)CCN1C. The van der Waals surface area contributed by atoms with Crippen LogP contribution in [0.1, 0.15) is 6.92 Å². The van der Waals surface area contributed by atoms with Crippen molar-refractivity contribution in [2.75, 3.05) is 53.9 Å². The summed E-state index contributed by atoms with van der Waals surface area (Å²) in [6, 6.07) is 0.400. The summed E-state index contributed by atoms with van der Waals surface area (Å²) in [6.07, 6.45) is 0. The van der Waals surface area contributed by atoms with E-state index in [9.17, 15) is 9.90 Å². The number of piperazine rings is 1. The van der Waals surface area contributed by atoms with E-state index in [1.165, 1.54) is 14.0 Å². The number of nitrogens with one attached hydrogen (secondary N) is 1. The van der Waals surface area contributed by atoms with Crippen molar-refractivity contribution in [3.05, 3.63) is 0 Å². The molecule has 1 aliphatic rings. The van der Waals surface area contributed by atoms with Crippen molar-refractivity contribution in [2.45, 2.75) is 18.6 Å². The van der Waals surface area contributed by atoms with Gasteiger partial charge in [0.2, 0.25) is 0 Å². The summed E-state index contributed by atoms with van der Waals surface area (Å²) in [5, 5.41) is 13.0. The van der Waals surface area contributed by atoms with E-state index in [-0.39, 0.29) is 6.54 Å². The Morgan fingerprint density at radius 1 is 1.50 bits per heavy atom. The molecule has 0 spiro atoms. The Bertz CT molecular complexity index is 284. The van der Waals surface area contributed by atoms with Gasteiger partial charge in [0.1, 0.15) is 0 Å². The number of hydrogen-bond donors (Lipinski definition) is 2. The van der Waals surface area contributed by atoms with Crippen molar-refractivity contribution in [3.63, 3.8) is 0 Å². The lowest BCUT2D eigenvalue weighted by Gasteiger charge is -2.38. The second-order valence-corrected chi connectivity index (χ2v) is 5.29. The van der Waals surface area contributed by atoms with Crippen molar-refractivity contribution in [3.8, 4) is 0 Å². The van der Waals surface area contributed by atoms with Crippen LogP contribution in [0.15, 0.2) is 0 Å².